The van der Waals surface area contributed by atoms with Crippen LogP contribution in [0.15, 0.2) is 24.3 Å². The first kappa shape index (κ1) is 17.1. The molecule has 1 N–H and O–H groups in total. The summed E-state index contributed by atoms with van der Waals surface area (Å²) in [4.78, 5) is 19.5. The number of carbonyl (C=O) groups excluding carboxylic acids is 1. The highest BCUT2D eigenvalue weighted by Crippen LogP contribution is 2.21. The molecule has 132 valence electrons. The summed E-state index contributed by atoms with van der Waals surface area (Å²) in [6.45, 7) is 7.56. The van der Waals surface area contributed by atoms with E-state index in [0.717, 1.165) is 57.8 Å². The van der Waals surface area contributed by atoms with E-state index in [0.29, 0.717) is 11.7 Å². The molecule has 0 spiro atoms. The van der Waals surface area contributed by atoms with Gasteiger partial charge >= 0.3 is 0 Å². The topological polar surface area (TPSA) is 47.0 Å². The fraction of sp³-hybridized carbons (Fsp3) is 0.632. The van der Waals surface area contributed by atoms with Gasteiger partial charge in [-0.25, -0.2) is 0 Å². The largest absolute Gasteiger partial charge is 0.508 e. The van der Waals surface area contributed by atoms with Crippen LogP contribution >= 0.6 is 0 Å². The molecule has 0 saturated carbocycles. The van der Waals surface area contributed by atoms with Crippen LogP contribution in [0.3, 0.4) is 0 Å². The van der Waals surface area contributed by atoms with Gasteiger partial charge in [-0.2, -0.15) is 0 Å². The Morgan fingerprint density at radius 2 is 1.50 bits per heavy atom. The highest BCUT2D eigenvalue weighted by Gasteiger charge is 2.29. The number of piperazine rings is 1. The van der Waals surface area contributed by atoms with Crippen LogP contribution < -0.4 is 4.90 Å². The molecule has 5 heteroatoms. The van der Waals surface area contributed by atoms with E-state index in [4.69, 9.17) is 0 Å². The zero-order valence-corrected chi connectivity index (χ0v) is 14.7. The van der Waals surface area contributed by atoms with Crippen LogP contribution in [0.1, 0.15) is 32.6 Å². The van der Waals surface area contributed by atoms with Crippen molar-refractivity contribution < 1.29 is 9.90 Å². The molecule has 0 aromatic heterocycles. The molecule has 24 heavy (non-hydrogen) atoms. The van der Waals surface area contributed by atoms with E-state index in [1.54, 1.807) is 12.1 Å². The number of carbonyl (C=O) groups is 1. The van der Waals surface area contributed by atoms with Gasteiger partial charge in [0.25, 0.3) is 0 Å². The predicted molar refractivity (Wildman–Crippen MR) is 96.4 cm³/mol. The molecule has 0 radical (unpaired) electrons. The number of aromatic hydroxyl groups is 1. The van der Waals surface area contributed by atoms with Gasteiger partial charge in [-0.1, -0.05) is 12.8 Å². The van der Waals surface area contributed by atoms with Gasteiger partial charge < -0.3 is 14.9 Å². The summed E-state index contributed by atoms with van der Waals surface area (Å²) >= 11 is 0. The monoisotopic (exact) mass is 331 g/mol. The minimum Gasteiger partial charge on any atom is -0.508 e. The summed E-state index contributed by atoms with van der Waals surface area (Å²) in [6, 6.07) is 7.35. The van der Waals surface area contributed by atoms with Crippen molar-refractivity contribution in [2.24, 2.45) is 0 Å². The van der Waals surface area contributed by atoms with Crippen molar-refractivity contribution in [2.75, 3.05) is 44.2 Å². The Bertz CT molecular complexity index is 530. The summed E-state index contributed by atoms with van der Waals surface area (Å²) in [6.07, 6.45) is 4.80. The van der Waals surface area contributed by atoms with E-state index in [2.05, 4.69) is 21.6 Å². The van der Waals surface area contributed by atoms with Gasteiger partial charge in [-0.15, -0.1) is 0 Å². The summed E-state index contributed by atoms with van der Waals surface area (Å²) in [5.74, 6) is 0.601. The van der Waals surface area contributed by atoms with Gasteiger partial charge in [-0.05, 0) is 44.0 Å². The van der Waals surface area contributed by atoms with Crippen molar-refractivity contribution in [1.82, 2.24) is 9.80 Å². The Morgan fingerprint density at radius 1 is 0.917 bits per heavy atom. The van der Waals surface area contributed by atoms with Crippen LogP contribution in [-0.4, -0.2) is 66.1 Å². The fourth-order valence-corrected chi connectivity index (χ4v) is 3.74. The van der Waals surface area contributed by atoms with Crippen LogP contribution in [0.2, 0.25) is 0 Å². The van der Waals surface area contributed by atoms with E-state index >= 15 is 0 Å². The van der Waals surface area contributed by atoms with Crippen molar-refractivity contribution in [3.05, 3.63) is 24.3 Å². The lowest BCUT2D eigenvalue weighted by molar-refractivity contribution is -0.136. The van der Waals surface area contributed by atoms with E-state index in [1.165, 1.54) is 12.8 Å². The van der Waals surface area contributed by atoms with Crippen molar-refractivity contribution in [3.8, 4) is 5.75 Å². The molecule has 2 heterocycles. The molecule has 3 rings (SSSR count). The van der Waals surface area contributed by atoms with Gasteiger partial charge in [0.05, 0.1) is 6.04 Å². The van der Waals surface area contributed by atoms with Gasteiger partial charge in [0.15, 0.2) is 0 Å². The molecule has 1 amide bonds. The smallest absolute Gasteiger partial charge is 0.239 e. The number of phenols is 1. The number of anilines is 1. The molecule has 5 nitrogen and oxygen atoms in total. The van der Waals surface area contributed by atoms with Crippen molar-refractivity contribution in [1.29, 1.82) is 0 Å². The molecular weight excluding hydrogens is 302 g/mol. The van der Waals surface area contributed by atoms with Crippen LogP contribution in [0.25, 0.3) is 0 Å². The average molecular weight is 331 g/mol. The molecule has 1 aromatic rings. The van der Waals surface area contributed by atoms with Gasteiger partial charge in [-0.3, -0.25) is 9.69 Å². The number of hydrogen-bond donors (Lipinski definition) is 1. The highest BCUT2D eigenvalue weighted by molar-refractivity contribution is 5.81. The third kappa shape index (κ3) is 4.01. The maximum Gasteiger partial charge on any atom is 0.239 e. The number of nitrogens with zero attached hydrogens (tertiary/aromatic N) is 3. The Morgan fingerprint density at radius 3 is 2.08 bits per heavy atom. The molecule has 1 aromatic carbocycles. The first-order valence-corrected chi connectivity index (χ1v) is 9.22. The third-order valence-corrected chi connectivity index (χ3v) is 5.35. The van der Waals surface area contributed by atoms with Crippen molar-refractivity contribution in [3.63, 3.8) is 0 Å². The molecule has 1 atom stereocenters. The lowest BCUT2D eigenvalue weighted by atomic mass is 10.1. The molecule has 0 aliphatic carbocycles. The highest BCUT2D eigenvalue weighted by atomic mass is 16.3. The van der Waals surface area contributed by atoms with Gasteiger partial charge in [0, 0.05) is 45.0 Å². The van der Waals surface area contributed by atoms with Crippen molar-refractivity contribution in [2.45, 2.75) is 38.6 Å². The normalized spacial score (nSPS) is 21.4. The fourth-order valence-electron chi connectivity index (χ4n) is 3.74. The van der Waals surface area contributed by atoms with Crippen LogP contribution in [-0.2, 0) is 4.79 Å². The Labute approximate surface area is 144 Å². The first-order valence-electron chi connectivity index (χ1n) is 9.22. The molecule has 2 fully saturated rings. The zero-order valence-electron chi connectivity index (χ0n) is 14.7. The summed E-state index contributed by atoms with van der Waals surface area (Å²) < 4.78 is 0. The van der Waals surface area contributed by atoms with Gasteiger partial charge in [0.2, 0.25) is 5.91 Å². The summed E-state index contributed by atoms with van der Waals surface area (Å²) in [7, 11) is 0. The molecular formula is C19H29N3O2. The summed E-state index contributed by atoms with van der Waals surface area (Å²) in [5, 5.41) is 9.41. The Kier molecular flexibility index (Phi) is 5.61. The molecule has 2 aliphatic rings. The minimum atomic E-state index is -0.0231. The lowest BCUT2D eigenvalue weighted by Gasteiger charge is -2.39. The van der Waals surface area contributed by atoms with E-state index in [9.17, 15) is 9.90 Å². The van der Waals surface area contributed by atoms with Crippen molar-refractivity contribution >= 4 is 11.6 Å². The second-order valence-electron chi connectivity index (χ2n) is 6.95. The SMILES string of the molecule is C[C@@H](C(=O)N1CCCCCC1)N1CCN(c2ccc(O)cc2)CC1. The maximum absolute atomic E-state index is 12.8. The Balaban J connectivity index is 1.53. The lowest BCUT2D eigenvalue weighted by Crippen LogP contribution is -2.54. The molecule has 0 unspecified atom stereocenters. The number of phenolic OH excluding ortho intramolecular Hbond substituents is 1. The number of benzene rings is 1. The van der Waals surface area contributed by atoms with E-state index < -0.39 is 0 Å². The van der Waals surface area contributed by atoms with E-state index in [1.807, 2.05) is 12.1 Å². The third-order valence-electron chi connectivity index (χ3n) is 5.35. The number of hydrogen-bond acceptors (Lipinski definition) is 4. The van der Waals surface area contributed by atoms with Gasteiger partial charge in [0.1, 0.15) is 5.75 Å². The number of rotatable bonds is 3. The van der Waals surface area contributed by atoms with E-state index in [-0.39, 0.29) is 6.04 Å². The maximum atomic E-state index is 12.8. The first-order chi connectivity index (χ1) is 11.6. The predicted octanol–water partition coefficient (Wildman–Crippen LogP) is 2.31. The van der Waals surface area contributed by atoms with Crippen LogP contribution in [0.4, 0.5) is 5.69 Å². The average Bonchev–Trinajstić information content (AvgIpc) is 2.91. The second kappa shape index (κ2) is 7.88. The zero-order chi connectivity index (χ0) is 16.9. The number of amides is 1. The molecule has 2 aliphatic heterocycles. The Hall–Kier alpha value is -1.75. The quantitative estimate of drug-likeness (QED) is 0.923. The second-order valence-corrected chi connectivity index (χ2v) is 6.95. The van der Waals surface area contributed by atoms with Crippen LogP contribution in [0.5, 0.6) is 5.75 Å². The molecule has 2 saturated heterocycles. The number of likely N-dealkylation sites (tertiary alicyclic amines) is 1. The molecule has 0 bridgehead atoms. The minimum absolute atomic E-state index is 0.0231. The summed E-state index contributed by atoms with van der Waals surface area (Å²) in [5.41, 5.74) is 1.14. The standard InChI is InChI=1S/C19H29N3O2/c1-16(19(24)22-10-4-2-3-5-11-22)20-12-14-21(15-13-20)17-6-8-18(23)9-7-17/h6-9,16,23H,2-5,10-15H2,1H3/t16-/m0/s1. The van der Waals surface area contributed by atoms with Crippen LogP contribution in [0, 0.1) is 0 Å².